The summed E-state index contributed by atoms with van der Waals surface area (Å²) in [6, 6.07) is 12.5. The van der Waals surface area contributed by atoms with Gasteiger partial charge in [-0.1, -0.05) is 27.5 Å². The molecule has 0 fully saturated rings. The normalized spacial score (nSPS) is 10.2. The Hall–Kier alpha value is -1.52. The van der Waals surface area contributed by atoms with Crippen molar-refractivity contribution in [2.45, 2.75) is 6.92 Å². The van der Waals surface area contributed by atoms with Crippen LogP contribution in [0.3, 0.4) is 0 Å². The first-order chi connectivity index (χ1) is 9.54. The zero-order chi connectivity index (χ0) is 14.5. The van der Waals surface area contributed by atoms with Gasteiger partial charge < -0.3 is 10.1 Å². The van der Waals surface area contributed by atoms with Gasteiger partial charge in [0.15, 0.2) is 6.61 Å². The van der Waals surface area contributed by atoms with Crippen molar-refractivity contribution in [1.29, 1.82) is 0 Å². The Kier molecular flexibility index (Phi) is 5.04. The summed E-state index contributed by atoms with van der Waals surface area (Å²) in [7, 11) is 0. The third-order valence-electron chi connectivity index (χ3n) is 2.63. The molecule has 0 atom stereocenters. The Morgan fingerprint density at radius 3 is 2.60 bits per heavy atom. The van der Waals surface area contributed by atoms with Crippen LogP contribution in [0.15, 0.2) is 46.9 Å². The summed E-state index contributed by atoms with van der Waals surface area (Å²) in [6.07, 6.45) is 0. The number of anilines is 1. The van der Waals surface area contributed by atoms with Gasteiger partial charge in [-0.2, -0.15) is 0 Å². The number of nitrogens with one attached hydrogen (secondary N) is 1. The van der Waals surface area contributed by atoms with E-state index in [4.69, 9.17) is 16.3 Å². The average molecular weight is 355 g/mol. The largest absolute Gasteiger partial charge is 0.484 e. The first-order valence-electron chi connectivity index (χ1n) is 5.99. The molecule has 104 valence electrons. The summed E-state index contributed by atoms with van der Waals surface area (Å²) in [5.41, 5.74) is 1.80. The first kappa shape index (κ1) is 14.9. The summed E-state index contributed by atoms with van der Waals surface area (Å²) < 4.78 is 6.38. The van der Waals surface area contributed by atoms with Crippen molar-refractivity contribution in [3.05, 3.63) is 57.5 Å². The van der Waals surface area contributed by atoms with Crippen LogP contribution in [0.1, 0.15) is 5.56 Å². The van der Waals surface area contributed by atoms with Crippen LogP contribution in [-0.2, 0) is 4.79 Å². The second-order valence-corrected chi connectivity index (χ2v) is 5.55. The lowest BCUT2D eigenvalue weighted by atomic mass is 10.2. The zero-order valence-electron chi connectivity index (χ0n) is 10.8. The standard InChI is InChI=1S/C15H13BrClNO2/c1-10-8-12(4-7-14(10)16)18-15(19)9-20-13-5-2-11(17)3-6-13/h2-8H,9H2,1H3,(H,18,19). The Bertz CT molecular complexity index is 614. The van der Waals surface area contributed by atoms with E-state index >= 15 is 0 Å². The molecule has 0 aliphatic heterocycles. The molecule has 2 rings (SSSR count). The summed E-state index contributed by atoms with van der Waals surface area (Å²) in [5.74, 6) is 0.401. The molecule has 0 heterocycles. The molecule has 0 unspecified atom stereocenters. The highest BCUT2D eigenvalue weighted by molar-refractivity contribution is 9.10. The summed E-state index contributed by atoms with van der Waals surface area (Å²) in [4.78, 5) is 11.8. The van der Waals surface area contributed by atoms with Crippen molar-refractivity contribution in [1.82, 2.24) is 0 Å². The molecule has 1 N–H and O–H groups in total. The van der Waals surface area contributed by atoms with Gasteiger partial charge in [0, 0.05) is 15.2 Å². The zero-order valence-corrected chi connectivity index (χ0v) is 13.2. The van der Waals surface area contributed by atoms with Crippen molar-refractivity contribution < 1.29 is 9.53 Å². The fraction of sp³-hybridized carbons (Fsp3) is 0.133. The Labute approximate surface area is 131 Å². The minimum atomic E-state index is -0.207. The molecule has 0 saturated heterocycles. The fourth-order valence-electron chi connectivity index (χ4n) is 1.60. The number of ether oxygens (including phenoxy) is 1. The summed E-state index contributed by atoms with van der Waals surface area (Å²) >= 11 is 9.19. The molecular formula is C15H13BrClNO2. The van der Waals surface area contributed by atoms with E-state index in [0.29, 0.717) is 10.8 Å². The van der Waals surface area contributed by atoms with E-state index in [1.54, 1.807) is 24.3 Å². The Morgan fingerprint density at radius 2 is 1.95 bits per heavy atom. The maximum atomic E-state index is 11.8. The molecule has 20 heavy (non-hydrogen) atoms. The molecule has 3 nitrogen and oxygen atoms in total. The Balaban J connectivity index is 1.89. The number of rotatable bonds is 4. The fourth-order valence-corrected chi connectivity index (χ4v) is 1.97. The molecule has 5 heteroatoms. The maximum absolute atomic E-state index is 11.8. The number of carbonyl (C=O) groups is 1. The second kappa shape index (κ2) is 6.77. The SMILES string of the molecule is Cc1cc(NC(=O)COc2ccc(Cl)cc2)ccc1Br. The molecule has 0 radical (unpaired) electrons. The molecule has 2 aromatic carbocycles. The molecular weight excluding hydrogens is 342 g/mol. The molecule has 0 bridgehead atoms. The van der Waals surface area contributed by atoms with Gasteiger partial charge in [-0.25, -0.2) is 0 Å². The van der Waals surface area contributed by atoms with E-state index in [9.17, 15) is 4.79 Å². The van der Waals surface area contributed by atoms with Crippen molar-refractivity contribution in [2.24, 2.45) is 0 Å². The van der Waals surface area contributed by atoms with Crippen molar-refractivity contribution in [2.75, 3.05) is 11.9 Å². The predicted octanol–water partition coefficient (Wildman–Crippen LogP) is 4.43. The lowest BCUT2D eigenvalue weighted by Gasteiger charge is -2.08. The van der Waals surface area contributed by atoms with Gasteiger partial charge in [-0.15, -0.1) is 0 Å². The molecule has 2 aromatic rings. The lowest BCUT2D eigenvalue weighted by molar-refractivity contribution is -0.118. The van der Waals surface area contributed by atoms with E-state index in [1.165, 1.54) is 0 Å². The van der Waals surface area contributed by atoms with Crippen LogP contribution in [0.5, 0.6) is 5.75 Å². The van der Waals surface area contributed by atoms with Gasteiger partial charge >= 0.3 is 0 Å². The van der Waals surface area contributed by atoms with E-state index in [-0.39, 0.29) is 12.5 Å². The molecule has 0 spiro atoms. The van der Waals surface area contributed by atoms with Crippen LogP contribution in [0.2, 0.25) is 5.02 Å². The van der Waals surface area contributed by atoms with Crippen molar-refractivity contribution >= 4 is 39.1 Å². The van der Waals surface area contributed by atoms with E-state index in [2.05, 4.69) is 21.2 Å². The van der Waals surface area contributed by atoms with Crippen LogP contribution >= 0.6 is 27.5 Å². The van der Waals surface area contributed by atoms with Gasteiger partial charge in [-0.05, 0) is 55.0 Å². The molecule has 1 amide bonds. The molecule has 0 aromatic heterocycles. The minimum absolute atomic E-state index is 0.0449. The number of amides is 1. The predicted molar refractivity (Wildman–Crippen MR) is 84.5 cm³/mol. The van der Waals surface area contributed by atoms with Crippen LogP contribution in [-0.4, -0.2) is 12.5 Å². The van der Waals surface area contributed by atoms with E-state index < -0.39 is 0 Å². The highest BCUT2D eigenvalue weighted by Gasteiger charge is 2.05. The highest BCUT2D eigenvalue weighted by atomic mass is 79.9. The number of aryl methyl sites for hydroxylation is 1. The highest BCUT2D eigenvalue weighted by Crippen LogP contribution is 2.20. The molecule has 0 aliphatic rings. The summed E-state index contributed by atoms with van der Waals surface area (Å²) in [6.45, 7) is 1.92. The number of carbonyl (C=O) groups excluding carboxylic acids is 1. The number of hydrogen-bond acceptors (Lipinski definition) is 2. The number of benzene rings is 2. The van der Waals surface area contributed by atoms with Crippen LogP contribution in [0.25, 0.3) is 0 Å². The third kappa shape index (κ3) is 4.25. The third-order valence-corrected chi connectivity index (χ3v) is 3.77. The first-order valence-corrected chi connectivity index (χ1v) is 7.16. The quantitative estimate of drug-likeness (QED) is 0.882. The Morgan fingerprint density at radius 1 is 1.25 bits per heavy atom. The monoisotopic (exact) mass is 353 g/mol. The van der Waals surface area contributed by atoms with Gasteiger partial charge in [0.2, 0.25) is 0 Å². The smallest absolute Gasteiger partial charge is 0.262 e. The minimum Gasteiger partial charge on any atom is -0.484 e. The molecule has 0 saturated carbocycles. The van der Waals surface area contributed by atoms with Crippen LogP contribution < -0.4 is 10.1 Å². The second-order valence-electron chi connectivity index (χ2n) is 4.25. The topological polar surface area (TPSA) is 38.3 Å². The lowest BCUT2D eigenvalue weighted by Crippen LogP contribution is -2.20. The average Bonchev–Trinajstić information content (AvgIpc) is 2.42. The van der Waals surface area contributed by atoms with Gasteiger partial charge in [-0.3, -0.25) is 4.79 Å². The van der Waals surface area contributed by atoms with Crippen molar-refractivity contribution in [3.63, 3.8) is 0 Å². The van der Waals surface area contributed by atoms with E-state index in [0.717, 1.165) is 15.7 Å². The molecule has 0 aliphatic carbocycles. The van der Waals surface area contributed by atoms with E-state index in [1.807, 2.05) is 25.1 Å². The van der Waals surface area contributed by atoms with Gasteiger partial charge in [0.1, 0.15) is 5.75 Å². The van der Waals surface area contributed by atoms with Gasteiger partial charge in [0.25, 0.3) is 5.91 Å². The van der Waals surface area contributed by atoms with Crippen LogP contribution in [0.4, 0.5) is 5.69 Å². The summed E-state index contributed by atoms with van der Waals surface area (Å²) in [5, 5.41) is 3.41. The number of hydrogen-bond donors (Lipinski definition) is 1. The van der Waals surface area contributed by atoms with Crippen LogP contribution in [0, 0.1) is 6.92 Å². The van der Waals surface area contributed by atoms with Crippen molar-refractivity contribution in [3.8, 4) is 5.75 Å². The van der Waals surface area contributed by atoms with Gasteiger partial charge in [0.05, 0.1) is 0 Å². The number of halogens is 2. The maximum Gasteiger partial charge on any atom is 0.262 e.